The van der Waals surface area contributed by atoms with E-state index in [4.69, 9.17) is 27.9 Å². The minimum Gasteiger partial charge on any atom is -0.462 e. The lowest BCUT2D eigenvalue weighted by Gasteiger charge is -2.09. The van der Waals surface area contributed by atoms with Gasteiger partial charge in [-0.2, -0.15) is 0 Å². The van der Waals surface area contributed by atoms with Gasteiger partial charge in [0.1, 0.15) is 4.33 Å². The number of benzene rings is 1. The number of alkyl halides is 2. The summed E-state index contributed by atoms with van der Waals surface area (Å²) < 4.78 is 5.76. The molecule has 1 aromatic heterocycles. The molecule has 1 saturated carbocycles. The second-order valence-electron chi connectivity index (χ2n) is 5.39. The average Bonchev–Trinajstić information content (AvgIpc) is 2.97. The van der Waals surface area contributed by atoms with Crippen molar-refractivity contribution >= 4 is 46.6 Å². The predicted molar refractivity (Wildman–Crippen MR) is 88.8 cm³/mol. The second kappa shape index (κ2) is 6.77. The molecule has 1 aliphatic carbocycles. The summed E-state index contributed by atoms with van der Waals surface area (Å²) >= 11 is 12.9. The molecule has 0 bridgehead atoms. The smallest absolute Gasteiger partial charge is 0.339 e. The van der Waals surface area contributed by atoms with Gasteiger partial charge in [-0.3, -0.25) is 10.1 Å². The Balaban J connectivity index is 1.83. The predicted octanol–water partition coefficient (Wildman–Crippen LogP) is 2.62. The maximum atomic E-state index is 12.4. The molecule has 9 nitrogen and oxygen atoms in total. The second-order valence-corrected chi connectivity index (χ2v) is 7.94. The molecule has 0 aliphatic heterocycles. The lowest BCUT2D eigenvalue weighted by atomic mass is 10.2. The first-order valence-corrected chi connectivity index (χ1v) is 8.59. The number of aryl methyl sites for hydroxylation is 1. The molecule has 2 aromatic rings. The lowest BCUT2D eigenvalue weighted by Crippen LogP contribution is -2.11. The van der Waals surface area contributed by atoms with Crippen LogP contribution in [0.25, 0.3) is 0 Å². The Morgan fingerprint density at radius 2 is 2.28 bits per heavy atom. The fourth-order valence-corrected chi connectivity index (χ4v) is 3.32. The Kier molecular flexibility index (Phi) is 4.85. The maximum Gasteiger partial charge on any atom is 0.339 e. The van der Waals surface area contributed by atoms with E-state index in [1.165, 1.54) is 16.8 Å². The first kappa shape index (κ1) is 17.9. The maximum absolute atomic E-state index is 12.4. The van der Waals surface area contributed by atoms with Gasteiger partial charge < -0.3 is 4.74 Å². The van der Waals surface area contributed by atoms with Gasteiger partial charge in [0.05, 0.1) is 17.1 Å². The highest BCUT2D eigenvalue weighted by atomic mass is 35.5. The first-order valence-electron chi connectivity index (χ1n) is 7.01. The molecule has 25 heavy (non-hydrogen) atoms. The van der Waals surface area contributed by atoms with Crippen LogP contribution in [0.5, 0.6) is 0 Å². The van der Waals surface area contributed by atoms with Gasteiger partial charge in [-0.25, -0.2) is 9.48 Å². The summed E-state index contributed by atoms with van der Waals surface area (Å²) in [5.74, 6) is -0.838. The molecule has 0 spiro atoms. The minimum absolute atomic E-state index is 0.0458. The quantitative estimate of drug-likeness (QED) is 0.313. The van der Waals surface area contributed by atoms with Crippen LogP contribution in [0.3, 0.4) is 0 Å². The van der Waals surface area contributed by atoms with Crippen molar-refractivity contribution in [2.24, 2.45) is 13.0 Å². The third-order valence-electron chi connectivity index (χ3n) is 3.55. The number of rotatable bonds is 6. The largest absolute Gasteiger partial charge is 0.462 e. The molecule has 0 radical (unpaired) electrons. The van der Waals surface area contributed by atoms with E-state index in [1.54, 1.807) is 7.05 Å². The number of carbonyl (C=O) groups excluding carboxylic acids is 1. The number of nitrogens with zero attached hydrogens (tertiary/aromatic N) is 5. The highest BCUT2D eigenvalue weighted by molar-refractivity contribution is 7.99. The first-order chi connectivity index (χ1) is 11.8. The van der Waals surface area contributed by atoms with E-state index >= 15 is 0 Å². The number of nitro benzene ring substituents is 1. The Morgan fingerprint density at radius 3 is 2.84 bits per heavy atom. The SMILES string of the molecule is Cn1nnnc1Sc1ccc([N+](=O)[O-])cc1C(=O)OC[C@H]1CC1(Cl)Cl. The molecular weight excluding hydrogens is 393 g/mol. The molecule has 0 N–H and O–H groups in total. The standard InChI is InChI=1S/C13H11Cl2N5O4S/c1-19-12(16-17-18-19)25-10-3-2-8(20(22)23)4-9(10)11(21)24-6-7-5-13(7,14)15/h2-4,7H,5-6H2,1H3/t7-/m1/s1. The molecule has 3 rings (SSSR count). The normalized spacial score (nSPS) is 18.0. The van der Waals surface area contributed by atoms with Crippen LogP contribution in [-0.4, -0.2) is 42.0 Å². The van der Waals surface area contributed by atoms with Gasteiger partial charge in [0.25, 0.3) is 5.69 Å². The number of hydrogen-bond acceptors (Lipinski definition) is 8. The van der Waals surface area contributed by atoms with Gasteiger partial charge >= 0.3 is 5.97 Å². The highest BCUT2D eigenvalue weighted by Crippen LogP contribution is 2.53. The van der Waals surface area contributed by atoms with E-state index < -0.39 is 15.2 Å². The van der Waals surface area contributed by atoms with E-state index in [0.717, 1.165) is 17.8 Å². The van der Waals surface area contributed by atoms with Crippen LogP contribution in [0, 0.1) is 16.0 Å². The van der Waals surface area contributed by atoms with Crippen molar-refractivity contribution < 1.29 is 14.5 Å². The topological polar surface area (TPSA) is 113 Å². The molecule has 0 amide bonds. The van der Waals surface area contributed by atoms with Crippen LogP contribution < -0.4 is 0 Å². The number of esters is 1. The summed E-state index contributed by atoms with van der Waals surface area (Å²) in [6, 6.07) is 3.92. The van der Waals surface area contributed by atoms with Crippen LogP contribution in [0.1, 0.15) is 16.8 Å². The Labute approximate surface area is 155 Å². The third kappa shape index (κ3) is 4.02. The summed E-state index contributed by atoms with van der Waals surface area (Å²) in [5, 5.41) is 22.4. The number of aromatic nitrogens is 4. The van der Waals surface area contributed by atoms with Crippen LogP contribution in [0.15, 0.2) is 28.3 Å². The van der Waals surface area contributed by atoms with Gasteiger partial charge in [-0.15, -0.1) is 28.3 Å². The van der Waals surface area contributed by atoms with Crippen LogP contribution in [-0.2, 0) is 11.8 Å². The number of halogens is 2. The van der Waals surface area contributed by atoms with Gasteiger partial charge in [0, 0.05) is 30.0 Å². The van der Waals surface area contributed by atoms with Crippen LogP contribution in [0.2, 0.25) is 0 Å². The Bertz CT molecular complexity index is 844. The molecule has 1 atom stereocenters. The average molecular weight is 404 g/mol. The van der Waals surface area contributed by atoms with Crippen molar-refractivity contribution in [3.8, 4) is 0 Å². The summed E-state index contributed by atoms with van der Waals surface area (Å²) in [7, 11) is 1.64. The van der Waals surface area contributed by atoms with E-state index in [9.17, 15) is 14.9 Å². The minimum atomic E-state index is -0.870. The summed E-state index contributed by atoms with van der Waals surface area (Å²) in [6.07, 6.45) is 0.532. The number of hydrogen-bond donors (Lipinski definition) is 0. The number of tetrazole rings is 1. The molecule has 0 unspecified atom stereocenters. The highest BCUT2D eigenvalue weighted by Gasteiger charge is 2.52. The zero-order valence-electron chi connectivity index (χ0n) is 12.8. The zero-order chi connectivity index (χ0) is 18.2. The number of nitro groups is 1. The van der Waals surface area contributed by atoms with Crippen LogP contribution >= 0.6 is 35.0 Å². The third-order valence-corrected chi connectivity index (χ3v) is 5.58. The van der Waals surface area contributed by atoms with Gasteiger partial charge in [-0.05, 0) is 34.7 Å². The summed E-state index contributed by atoms with van der Waals surface area (Å²) in [5.41, 5.74) is -0.166. The fraction of sp³-hybridized carbons (Fsp3) is 0.385. The van der Waals surface area contributed by atoms with E-state index in [2.05, 4.69) is 15.5 Å². The van der Waals surface area contributed by atoms with E-state index in [0.29, 0.717) is 16.5 Å². The van der Waals surface area contributed by atoms with Crippen molar-refractivity contribution in [3.63, 3.8) is 0 Å². The molecule has 132 valence electrons. The molecule has 1 heterocycles. The Morgan fingerprint density at radius 1 is 1.56 bits per heavy atom. The van der Waals surface area contributed by atoms with Crippen molar-refractivity contribution in [1.82, 2.24) is 20.2 Å². The van der Waals surface area contributed by atoms with Crippen molar-refractivity contribution in [1.29, 1.82) is 0 Å². The molecule has 1 fully saturated rings. The fourth-order valence-electron chi connectivity index (χ4n) is 1.99. The summed E-state index contributed by atoms with van der Waals surface area (Å²) in [6.45, 7) is 0.0458. The van der Waals surface area contributed by atoms with Gasteiger partial charge in [-0.1, -0.05) is 0 Å². The molecule has 1 aliphatic rings. The summed E-state index contributed by atoms with van der Waals surface area (Å²) in [4.78, 5) is 23.2. The lowest BCUT2D eigenvalue weighted by molar-refractivity contribution is -0.384. The van der Waals surface area contributed by atoms with Crippen molar-refractivity contribution in [2.45, 2.75) is 20.8 Å². The molecule has 1 aromatic carbocycles. The number of ether oxygens (including phenoxy) is 1. The van der Waals surface area contributed by atoms with Gasteiger partial charge in [0.2, 0.25) is 5.16 Å². The zero-order valence-corrected chi connectivity index (χ0v) is 15.1. The molecule has 0 saturated heterocycles. The Hall–Kier alpha value is -1.91. The monoisotopic (exact) mass is 403 g/mol. The molecule has 12 heteroatoms. The van der Waals surface area contributed by atoms with E-state index in [1.807, 2.05) is 0 Å². The van der Waals surface area contributed by atoms with Crippen molar-refractivity contribution in [2.75, 3.05) is 6.61 Å². The number of non-ortho nitro benzene ring substituents is 1. The van der Waals surface area contributed by atoms with Crippen molar-refractivity contribution in [3.05, 3.63) is 33.9 Å². The van der Waals surface area contributed by atoms with Crippen LogP contribution in [0.4, 0.5) is 5.69 Å². The van der Waals surface area contributed by atoms with Gasteiger partial charge in [0.15, 0.2) is 0 Å². The molecular formula is C13H11Cl2N5O4S. The van der Waals surface area contributed by atoms with E-state index in [-0.39, 0.29) is 23.8 Å². The number of carbonyl (C=O) groups is 1.